The molecule has 19 heavy (non-hydrogen) atoms. The molecule has 100 valence electrons. The summed E-state index contributed by atoms with van der Waals surface area (Å²) in [6, 6.07) is 19.8. The first-order valence-corrected chi connectivity index (χ1v) is 6.98. The molecule has 0 bridgehead atoms. The Balaban J connectivity index is 2.63. The van der Waals surface area contributed by atoms with E-state index in [0.717, 1.165) is 0 Å². The lowest BCUT2D eigenvalue weighted by molar-refractivity contribution is 0.249. The first-order chi connectivity index (χ1) is 8.85. The molecule has 1 atom stereocenters. The van der Waals surface area contributed by atoms with Crippen LogP contribution in [0.4, 0.5) is 0 Å². The van der Waals surface area contributed by atoms with E-state index < -0.39 is 0 Å². The molecule has 0 amide bonds. The Bertz CT molecular complexity index is 529. The van der Waals surface area contributed by atoms with Gasteiger partial charge in [0.15, 0.2) is 0 Å². The Morgan fingerprint density at radius 2 is 1.11 bits per heavy atom. The number of hydrogen-bond donors (Lipinski definition) is 0. The molecule has 0 aliphatic rings. The van der Waals surface area contributed by atoms with E-state index in [0.29, 0.717) is 0 Å². The highest BCUT2D eigenvalue weighted by Gasteiger charge is 2.40. The van der Waals surface area contributed by atoms with Crippen LogP contribution >= 0.6 is 0 Å². The van der Waals surface area contributed by atoms with E-state index in [1.165, 1.54) is 16.7 Å². The van der Waals surface area contributed by atoms with Crippen molar-refractivity contribution in [3.63, 3.8) is 0 Å². The third-order valence-corrected chi connectivity index (χ3v) is 4.48. The molecule has 2 rings (SSSR count). The zero-order valence-electron chi connectivity index (χ0n) is 12.7. The molecule has 0 N–H and O–H groups in total. The number of benzene rings is 2. The second-order valence-corrected chi connectivity index (χ2v) is 6.61. The topological polar surface area (TPSA) is 0 Å². The summed E-state index contributed by atoms with van der Waals surface area (Å²) in [6.45, 7) is 11.5. The monoisotopic (exact) mass is 252 g/mol. The van der Waals surface area contributed by atoms with Crippen LogP contribution in [0.2, 0.25) is 0 Å². The molecule has 0 saturated heterocycles. The number of aryl methyl sites for hydroxylation is 1. The van der Waals surface area contributed by atoms with Crippen molar-refractivity contribution in [2.45, 2.75) is 40.0 Å². The van der Waals surface area contributed by atoms with Crippen molar-refractivity contribution in [1.29, 1.82) is 0 Å². The maximum Gasteiger partial charge on any atom is 0.0223 e. The van der Waals surface area contributed by atoms with Gasteiger partial charge in [0.25, 0.3) is 0 Å². The minimum absolute atomic E-state index is 0.0158. The first kappa shape index (κ1) is 13.9. The summed E-state index contributed by atoms with van der Waals surface area (Å²) >= 11 is 0. The van der Waals surface area contributed by atoms with Gasteiger partial charge in [-0.15, -0.1) is 0 Å². The van der Waals surface area contributed by atoms with Gasteiger partial charge in [-0.2, -0.15) is 0 Å². The highest BCUT2D eigenvalue weighted by Crippen LogP contribution is 2.46. The van der Waals surface area contributed by atoms with Crippen LogP contribution in [0, 0.1) is 12.3 Å². The Kier molecular flexibility index (Phi) is 3.54. The van der Waals surface area contributed by atoms with Crippen molar-refractivity contribution in [1.82, 2.24) is 0 Å². The molecule has 2 aromatic carbocycles. The van der Waals surface area contributed by atoms with Gasteiger partial charge in [-0.1, -0.05) is 87.9 Å². The van der Waals surface area contributed by atoms with Crippen molar-refractivity contribution < 1.29 is 0 Å². The SMILES string of the molecule is Cc1ccc(C(C)(c2ccccc2)C(C)(C)C)cc1. The average molecular weight is 252 g/mol. The summed E-state index contributed by atoms with van der Waals surface area (Å²) in [5, 5.41) is 0. The molecule has 0 nitrogen and oxygen atoms in total. The Hall–Kier alpha value is -1.56. The average Bonchev–Trinajstić information content (AvgIpc) is 2.38. The molecule has 1 unspecified atom stereocenters. The predicted octanol–water partition coefficient (Wildman–Crippen LogP) is 5.35. The smallest absolute Gasteiger partial charge is 0.0223 e. The fourth-order valence-corrected chi connectivity index (χ4v) is 2.69. The van der Waals surface area contributed by atoms with E-state index in [2.05, 4.69) is 89.2 Å². The van der Waals surface area contributed by atoms with Crippen LogP contribution in [0.3, 0.4) is 0 Å². The van der Waals surface area contributed by atoms with Crippen molar-refractivity contribution in [3.8, 4) is 0 Å². The highest BCUT2D eigenvalue weighted by molar-refractivity contribution is 5.41. The van der Waals surface area contributed by atoms with Crippen LogP contribution in [0.1, 0.15) is 44.4 Å². The summed E-state index contributed by atoms with van der Waals surface area (Å²) in [7, 11) is 0. The molecule has 0 aliphatic heterocycles. The van der Waals surface area contributed by atoms with Crippen LogP contribution in [-0.2, 0) is 5.41 Å². The zero-order valence-corrected chi connectivity index (χ0v) is 12.7. The summed E-state index contributed by atoms with van der Waals surface area (Å²) in [4.78, 5) is 0. The maximum absolute atomic E-state index is 2.35. The molecule has 0 radical (unpaired) electrons. The molecule has 0 heteroatoms. The predicted molar refractivity (Wildman–Crippen MR) is 83.5 cm³/mol. The second kappa shape index (κ2) is 4.85. The first-order valence-electron chi connectivity index (χ1n) is 6.98. The zero-order chi connectivity index (χ0) is 14.1. The van der Waals surface area contributed by atoms with Crippen molar-refractivity contribution in [2.75, 3.05) is 0 Å². The molecule has 0 heterocycles. The van der Waals surface area contributed by atoms with Gasteiger partial charge >= 0.3 is 0 Å². The quantitative estimate of drug-likeness (QED) is 0.676. The fraction of sp³-hybridized carbons (Fsp3) is 0.368. The standard InChI is InChI=1S/C19H24/c1-15-11-13-17(14-12-15)19(5,18(2,3)4)16-9-7-6-8-10-16/h6-14H,1-5H3. The Morgan fingerprint density at radius 3 is 1.58 bits per heavy atom. The molecule has 0 saturated carbocycles. The van der Waals surface area contributed by atoms with Gasteiger partial charge in [0, 0.05) is 5.41 Å². The lowest BCUT2D eigenvalue weighted by Gasteiger charge is -2.43. The lowest BCUT2D eigenvalue weighted by Crippen LogP contribution is -2.38. The lowest BCUT2D eigenvalue weighted by atomic mass is 9.60. The molecule has 2 aromatic rings. The number of rotatable bonds is 2. The van der Waals surface area contributed by atoms with Crippen molar-refractivity contribution in [3.05, 3.63) is 71.3 Å². The third kappa shape index (κ3) is 2.45. The molecule has 0 fully saturated rings. The summed E-state index contributed by atoms with van der Waals surface area (Å²) in [6.07, 6.45) is 0. The minimum atomic E-state index is 0.0158. The maximum atomic E-state index is 2.35. The molecule has 0 aliphatic carbocycles. The van der Waals surface area contributed by atoms with Crippen LogP contribution in [0.5, 0.6) is 0 Å². The fourth-order valence-electron chi connectivity index (χ4n) is 2.69. The summed E-state index contributed by atoms with van der Waals surface area (Å²) in [5.41, 5.74) is 4.25. The Morgan fingerprint density at radius 1 is 0.632 bits per heavy atom. The second-order valence-electron chi connectivity index (χ2n) is 6.61. The van der Waals surface area contributed by atoms with Gasteiger partial charge in [-0.05, 0) is 23.5 Å². The van der Waals surface area contributed by atoms with Gasteiger partial charge in [0.2, 0.25) is 0 Å². The molecule has 0 spiro atoms. The van der Waals surface area contributed by atoms with Gasteiger partial charge in [-0.25, -0.2) is 0 Å². The summed E-state index contributed by atoms with van der Waals surface area (Å²) in [5.74, 6) is 0. The molecular weight excluding hydrogens is 228 g/mol. The van der Waals surface area contributed by atoms with Crippen molar-refractivity contribution in [2.24, 2.45) is 5.41 Å². The van der Waals surface area contributed by atoms with Crippen molar-refractivity contribution >= 4 is 0 Å². The largest absolute Gasteiger partial charge is 0.0622 e. The van der Waals surface area contributed by atoms with E-state index in [9.17, 15) is 0 Å². The van der Waals surface area contributed by atoms with Crippen LogP contribution in [-0.4, -0.2) is 0 Å². The van der Waals surface area contributed by atoms with E-state index in [-0.39, 0.29) is 10.8 Å². The normalized spacial score (nSPS) is 15.0. The van der Waals surface area contributed by atoms with E-state index in [1.54, 1.807) is 0 Å². The Labute approximate surface area is 117 Å². The molecule has 0 aromatic heterocycles. The van der Waals surface area contributed by atoms with Gasteiger partial charge in [0.1, 0.15) is 0 Å². The highest BCUT2D eigenvalue weighted by atomic mass is 14.4. The molecular formula is C19H24. The van der Waals surface area contributed by atoms with Crippen LogP contribution < -0.4 is 0 Å². The van der Waals surface area contributed by atoms with Gasteiger partial charge in [0.05, 0.1) is 0 Å². The van der Waals surface area contributed by atoms with E-state index in [1.807, 2.05) is 0 Å². The minimum Gasteiger partial charge on any atom is -0.0622 e. The third-order valence-electron chi connectivity index (χ3n) is 4.48. The van der Waals surface area contributed by atoms with Gasteiger partial charge in [-0.3, -0.25) is 0 Å². The number of hydrogen-bond acceptors (Lipinski definition) is 0. The van der Waals surface area contributed by atoms with Gasteiger partial charge < -0.3 is 0 Å². The van der Waals surface area contributed by atoms with Crippen LogP contribution in [0.15, 0.2) is 54.6 Å². The summed E-state index contributed by atoms with van der Waals surface area (Å²) < 4.78 is 0. The van der Waals surface area contributed by atoms with E-state index >= 15 is 0 Å². The van der Waals surface area contributed by atoms with Crippen LogP contribution in [0.25, 0.3) is 0 Å². The van der Waals surface area contributed by atoms with E-state index in [4.69, 9.17) is 0 Å².